The summed E-state index contributed by atoms with van der Waals surface area (Å²) in [5.74, 6) is 0.403. The number of carbonyl (C=O) groups excluding carboxylic acids is 1. The van der Waals surface area contributed by atoms with E-state index in [0.717, 1.165) is 11.3 Å². The van der Waals surface area contributed by atoms with Crippen molar-refractivity contribution in [2.24, 2.45) is 0 Å². The van der Waals surface area contributed by atoms with Crippen molar-refractivity contribution in [3.63, 3.8) is 0 Å². The van der Waals surface area contributed by atoms with Crippen molar-refractivity contribution in [2.75, 3.05) is 18.1 Å². The van der Waals surface area contributed by atoms with Gasteiger partial charge in [0.1, 0.15) is 6.10 Å². The molecule has 86 valence electrons. The Kier molecular flexibility index (Phi) is 3.31. The Balaban J connectivity index is 2.20. The highest BCUT2D eigenvalue weighted by Crippen LogP contribution is 2.22. The molecule has 0 bridgehead atoms. The van der Waals surface area contributed by atoms with E-state index in [0.29, 0.717) is 12.4 Å². The number of alkyl halides is 1. The molecule has 1 fully saturated rings. The van der Waals surface area contributed by atoms with E-state index < -0.39 is 12.2 Å². The molecule has 16 heavy (non-hydrogen) atoms. The van der Waals surface area contributed by atoms with Gasteiger partial charge in [-0.05, 0) is 17.7 Å². The molecule has 2 rings (SSSR count). The first kappa shape index (κ1) is 11.2. The summed E-state index contributed by atoms with van der Waals surface area (Å²) < 4.78 is 4.96. The minimum Gasteiger partial charge on any atom is -0.441 e. The lowest BCUT2D eigenvalue weighted by atomic mass is 10.2. The van der Waals surface area contributed by atoms with Gasteiger partial charge in [-0.2, -0.15) is 0 Å². The number of hydrogen-bond donors (Lipinski definition) is 1. The Morgan fingerprint density at radius 2 is 2.38 bits per heavy atom. The molecule has 1 aromatic rings. The predicted molar refractivity (Wildman–Crippen MR) is 60.7 cm³/mol. The number of cyclic esters (lactones) is 1. The summed E-state index contributed by atoms with van der Waals surface area (Å²) in [5, 5.41) is 8.92. The first-order valence-electron chi connectivity index (χ1n) is 4.98. The van der Waals surface area contributed by atoms with E-state index in [4.69, 9.17) is 21.4 Å². The Hall–Kier alpha value is -1.26. The van der Waals surface area contributed by atoms with Gasteiger partial charge in [0.2, 0.25) is 0 Å². The van der Waals surface area contributed by atoms with Crippen molar-refractivity contribution in [1.82, 2.24) is 0 Å². The van der Waals surface area contributed by atoms with Crippen molar-refractivity contribution >= 4 is 23.4 Å². The number of nitrogens with zero attached hydrogens (tertiary/aromatic N) is 1. The second kappa shape index (κ2) is 4.72. The SMILES string of the molecule is O=C1O[C@@H](CO)CN1c1cccc(CCl)c1. The topological polar surface area (TPSA) is 49.8 Å². The van der Waals surface area contributed by atoms with Crippen LogP contribution in [-0.2, 0) is 10.6 Å². The van der Waals surface area contributed by atoms with Gasteiger partial charge in [0.15, 0.2) is 0 Å². The number of benzene rings is 1. The highest BCUT2D eigenvalue weighted by molar-refractivity contribution is 6.17. The summed E-state index contributed by atoms with van der Waals surface area (Å²) in [4.78, 5) is 13.0. The molecule has 1 aliphatic heterocycles. The Bertz CT molecular complexity index is 397. The number of aliphatic hydroxyl groups is 1. The molecular weight excluding hydrogens is 230 g/mol. The maximum atomic E-state index is 11.5. The highest BCUT2D eigenvalue weighted by Gasteiger charge is 2.31. The summed E-state index contributed by atoms with van der Waals surface area (Å²) in [5.41, 5.74) is 1.69. The average Bonchev–Trinajstić information content (AvgIpc) is 2.71. The maximum absolute atomic E-state index is 11.5. The lowest BCUT2D eigenvalue weighted by molar-refractivity contribution is 0.0963. The van der Waals surface area contributed by atoms with E-state index in [9.17, 15) is 4.79 Å². The third kappa shape index (κ3) is 2.13. The van der Waals surface area contributed by atoms with Crippen LogP contribution in [0, 0.1) is 0 Å². The summed E-state index contributed by atoms with van der Waals surface area (Å²) in [7, 11) is 0. The highest BCUT2D eigenvalue weighted by atomic mass is 35.5. The minimum absolute atomic E-state index is 0.155. The van der Waals surface area contributed by atoms with Crippen molar-refractivity contribution in [2.45, 2.75) is 12.0 Å². The second-order valence-electron chi connectivity index (χ2n) is 3.60. The standard InChI is InChI=1S/C11H12ClNO3/c12-5-8-2-1-3-9(4-8)13-6-10(7-14)16-11(13)15/h1-4,10,14H,5-7H2/t10-/m1/s1. The van der Waals surface area contributed by atoms with Gasteiger partial charge in [-0.25, -0.2) is 4.79 Å². The largest absolute Gasteiger partial charge is 0.441 e. The fraction of sp³-hybridized carbons (Fsp3) is 0.364. The van der Waals surface area contributed by atoms with Gasteiger partial charge < -0.3 is 9.84 Å². The number of amides is 1. The minimum atomic E-state index is -0.438. The van der Waals surface area contributed by atoms with Crippen LogP contribution < -0.4 is 4.90 Å². The lowest BCUT2D eigenvalue weighted by Crippen LogP contribution is -2.25. The summed E-state index contributed by atoms with van der Waals surface area (Å²) in [6.45, 7) is 0.221. The molecule has 0 unspecified atom stereocenters. The van der Waals surface area contributed by atoms with Gasteiger partial charge in [0.25, 0.3) is 0 Å². The first-order valence-corrected chi connectivity index (χ1v) is 5.52. The van der Waals surface area contributed by atoms with Gasteiger partial charge in [0.05, 0.1) is 13.2 Å². The van der Waals surface area contributed by atoms with Crippen LogP contribution in [0.3, 0.4) is 0 Å². The number of halogens is 1. The fourth-order valence-corrected chi connectivity index (χ4v) is 1.80. The maximum Gasteiger partial charge on any atom is 0.414 e. The molecule has 0 aromatic heterocycles. The molecule has 5 heteroatoms. The smallest absolute Gasteiger partial charge is 0.414 e. The Morgan fingerprint density at radius 3 is 3.00 bits per heavy atom. The fourth-order valence-electron chi connectivity index (χ4n) is 1.63. The zero-order valence-electron chi connectivity index (χ0n) is 8.60. The third-order valence-corrected chi connectivity index (χ3v) is 2.76. The van der Waals surface area contributed by atoms with Crippen molar-refractivity contribution < 1.29 is 14.6 Å². The van der Waals surface area contributed by atoms with Crippen LogP contribution in [0.15, 0.2) is 24.3 Å². The molecule has 1 heterocycles. The lowest BCUT2D eigenvalue weighted by Gasteiger charge is -2.13. The van der Waals surface area contributed by atoms with Gasteiger partial charge in [-0.3, -0.25) is 4.90 Å². The Labute approximate surface area is 98.4 Å². The number of hydrogen-bond acceptors (Lipinski definition) is 3. The van der Waals surface area contributed by atoms with Crippen LogP contribution in [0.5, 0.6) is 0 Å². The summed E-state index contributed by atoms with van der Waals surface area (Å²) in [6, 6.07) is 7.39. The van der Waals surface area contributed by atoms with Gasteiger partial charge in [0, 0.05) is 11.6 Å². The van der Waals surface area contributed by atoms with E-state index in [1.807, 2.05) is 24.3 Å². The second-order valence-corrected chi connectivity index (χ2v) is 3.87. The molecule has 1 amide bonds. The first-order chi connectivity index (χ1) is 7.74. The van der Waals surface area contributed by atoms with E-state index in [1.54, 1.807) is 0 Å². The normalized spacial score (nSPS) is 20.0. The molecule has 0 radical (unpaired) electrons. The number of anilines is 1. The summed E-state index contributed by atoms with van der Waals surface area (Å²) >= 11 is 5.72. The quantitative estimate of drug-likeness (QED) is 0.821. The van der Waals surface area contributed by atoms with Crippen LogP contribution in [0.2, 0.25) is 0 Å². The molecule has 0 spiro atoms. The number of rotatable bonds is 3. The molecule has 0 aliphatic carbocycles. The van der Waals surface area contributed by atoms with Crippen molar-refractivity contribution in [3.8, 4) is 0 Å². The van der Waals surface area contributed by atoms with Crippen LogP contribution in [0.1, 0.15) is 5.56 Å². The van der Waals surface area contributed by atoms with E-state index in [2.05, 4.69) is 0 Å². The molecule has 1 atom stereocenters. The zero-order chi connectivity index (χ0) is 11.5. The number of carbonyl (C=O) groups is 1. The van der Waals surface area contributed by atoms with E-state index in [1.165, 1.54) is 4.90 Å². The molecule has 1 saturated heterocycles. The Morgan fingerprint density at radius 1 is 1.56 bits per heavy atom. The molecule has 1 aromatic carbocycles. The molecule has 1 aliphatic rings. The van der Waals surface area contributed by atoms with E-state index >= 15 is 0 Å². The van der Waals surface area contributed by atoms with Crippen LogP contribution in [-0.4, -0.2) is 30.5 Å². The van der Waals surface area contributed by atoms with E-state index in [-0.39, 0.29) is 6.61 Å². The predicted octanol–water partition coefficient (Wildman–Crippen LogP) is 1.74. The molecule has 1 N–H and O–H groups in total. The summed E-state index contributed by atoms with van der Waals surface area (Å²) in [6.07, 6.45) is -0.863. The number of ether oxygens (including phenoxy) is 1. The van der Waals surface area contributed by atoms with Crippen molar-refractivity contribution in [3.05, 3.63) is 29.8 Å². The molecular formula is C11H12ClNO3. The van der Waals surface area contributed by atoms with Gasteiger partial charge >= 0.3 is 6.09 Å². The van der Waals surface area contributed by atoms with Crippen molar-refractivity contribution in [1.29, 1.82) is 0 Å². The van der Waals surface area contributed by atoms with Gasteiger partial charge in [-0.1, -0.05) is 12.1 Å². The third-order valence-electron chi connectivity index (χ3n) is 2.45. The van der Waals surface area contributed by atoms with Crippen LogP contribution >= 0.6 is 11.6 Å². The molecule has 0 saturated carbocycles. The molecule has 4 nitrogen and oxygen atoms in total. The van der Waals surface area contributed by atoms with Crippen LogP contribution in [0.25, 0.3) is 0 Å². The number of aliphatic hydroxyl groups excluding tert-OH is 1. The monoisotopic (exact) mass is 241 g/mol. The van der Waals surface area contributed by atoms with Crippen LogP contribution in [0.4, 0.5) is 10.5 Å². The average molecular weight is 242 g/mol. The zero-order valence-corrected chi connectivity index (χ0v) is 9.35. The van der Waals surface area contributed by atoms with Gasteiger partial charge in [-0.15, -0.1) is 11.6 Å².